The number of rotatable bonds is 9. The van der Waals surface area contributed by atoms with Crippen LogP contribution in [0.15, 0.2) is 30.4 Å². The Balaban J connectivity index is 2.05. The maximum absolute atomic E-state index is 13.2. The fourth-order valence-corrected chi connectivity index (χ4v) is 4.10. The Morgan fingerprint density at radius 1 is 0.970 bits per heavy atom. The largest absolute Gasteiger partial charge is 0.506 e. The highest BCUT2D eigenvalue weighted by molar-refractivity contribution is 6.11. The van der Waals surface area contributed by atoms with Crippen LogP contribution in [0.4, 0.5) is 0 Å². The molecule has 0 atom stereocenters. The predicted octanol–water partition coefficient (Wildman–Crippen LogP) is 4.77. The van der Waals surface area contributed by atoms with Crippen molar-refractivity contribution in [1.82, 2.24) is 0 Å². The van der Waals surface area contributed by atoms with Crippen LogP contribution in [-0.4, -0.2) is 44.4 Å². The zero-order valence-corrected chi connectivity index (χ0v) is 19.4. The molecule has 7 nitrogen and oxygen atoms in total. The van der Waals surface area contributed by atoms with Crippen LogP contribution < -0.4 is 18.9 Å². The van der Waals surface area contributed by atoms with Gasteiger partial charge >= 0.3 is 0 Å². The lowest BCUT2D eigenvalue weighted by molar-refractivity contribution is 0.104. The molecule has 0 saturated carbocycles. The average Bonchev–Trinajstić information content (AvgIpc) is 2.86. The van der Waals surface area contributed by atoms with Crippen LogP contribution in [0.2, 0.25) is 0 Å². The van der Waals surface area contributed by atoms with Crippen molar-refractivity contribution in [3.05, 3.63) is 52.6 Å². The molecule has 0 heterocycles. The zero-order valence-electron chi connectivity index (χ0n) is 19.4. The predicted molar refractivity (Wildman–Crippen MR) is 126 cm³/mol. The number of carbonyl (C=O) groups is 1. The minimum Gasteiger partial charge on any atom is -0.506 e. The summed E-state index contributed by atoms with van der Waals surface area (Å²) in [5.74, 6) is 0.974. The van der Waals surface area contributed by atoms with Crippen LogP contribution in [0.1, 0.15) is 52.7 Å². The van der Waals surface area contributed by atoms with Gasteiger partial charge in [0.25, 0.3) is 0 Å². The van der Waals surface area contributed by atoms with E-state index in [0.717, 1.165) is 31.3 Å². The summed E-state index contributed by atoms with van der Waals surface area (Å²) in [7, 11) is 5.98. The normalized spacial score (nSPS) is 13.5. The van der Waals surface area contributed by atoms with Gasteiger partial charge in [-0.25, -0.2) is 0 Å². The van der Waals surface area contributed by atoms with Crippen LogP contribution in [0.3, 0.4) is 0 Å². The third-order valence-electron chi connectivity index (χ3n) is 5.71. The molecule has 2 aromatic rings. The van der Waals surface area contributed by atoms with E-state index in [0.29, 0.717) is 33.9 Å². The van der Waals surface area contributed by atoms with Crippen LogP contribution in [0.25, 0.3) is 11.6 Å². The summed E-state index contributed by atoms with van der Waals surface area (Å²) < 4.78 is 21.4. The Kier molecular flexibility index (Phi) is 8.01. The third-order valence-corrected chi connectivity index (χ3v) is 5.71. The summed E-state index contributed by atoms with van der Waals surface area (Å²) in [6.07, 6.45) is 8.77. The van der Waals surface area contributed by atoms with E-state index in [1.807, 2.05) is 0 Å². The van der Waals surface area contributed by atoms with Gasteiger partial charge in [-0.3, -0.25) is 4.79 Å². The first kappa shape index (κ1) is 24.2. The lowest BCUT2D eigenvalue weighted by Crippen LogP contribution is -2.06. The topological polar surface area (TPSA) is 94.5 Å². The molecule has 0 radical (unpaired) electrons. The minimum atomic E-state index is -0.430. The highest BCUT2D eigenvalue weighted by Gasteiger charge is 2.24. The van der Waals surface area contributed by atoms with Crippen LogP contribution in [0, 0.1) is 0 Å². The molecule has 33 heavy (non-hydrogen) atoms. The molecule has 0 amide bonds. The minimum absolute atomic E-state index is 0.0554. The monoisotopic (exact) mass is 454 g/mol. The lowest BCUT2D eigenvalue weighted by atomic mass is 9.87. The van der Waals surface area contributed by atoms with Gasteiger partial charge in [0.2, 0.25) is 5.75 Å². The molecule has 7 heteroatoms. The van der Waals surface area contributed by atoms with Crippen molar-refractivity contribution in [1.29, 1.82) is 0 Å². The molecule has 2 aromatic carbocycles. The molecule has 176 valence electrons. The SMILES string of the molecule is COc1cc(/C=C/C(=O)c2c(OC)cc(CO)c(C3=CCCCC3)c2O)cc(OC)c1OC. The molecule has 0 fully saturated rings. The molecule has 2 N–H and O–H groups in total. The van der Waals surface area contributed by atoms with Gasteiger partial charge in [-0.1, -0.05) is 12.2 Å². The van der Waals surface area contributed by atoms with E-state index in [1.165, 1.54) is 34.5 Å². The average molecular weight is 455 g/mol. The van der Waals surface area contributed by atoms with Crippen molar-refractivity contribution in [3.8, 4) is 28.7 Å². The Hall–Kier alpha value is -3.45. The van der Waals surface area contributed by atoms with Gasteiger partial charge in [0, 0.05) is 5.56 Å². The molecule has 0 spiro atoms. The van der Waals surface area contributed by atoms with Crippen molar-refractivity contribution in [2.45, 2.75) is 32.3 Å². The molecule has 0 aliphatic heterocycles. The standard InChI is InChI=1S/C26H30O7/c1-30-20-14-18(15-27)23(17-8-6-5-7-9-17)25(29)24(20)19(28)11-10-16-12-21(31-2)26(33-4)22(13-16)32-3/h8,10-14,27,29H,5-7,9,15H2,1-4H3/b11-10+. The highest BCUT2D eigenvalue weighted by Crippen LogP contribution is 2.42. The Morgan fingerprint density at radius 3 is 2.15 bits per heavy atom. The number of hydrogen-bond acceptors (Lipinski definition) is 7. The van der Waals surface area contributed by atoms with Gasteiger partial charge in [0.1, 0.15) is 17.1 Å². The summed E-state index contributed by atoms with van der Waals surface area (Å²) in [6, 6.07) is 5.05. The van der Waals surface area contributed by atoms with Crippen molar-refractivity contribution < 1.29 is 34.0 Å². The molecular formula is C26H30O7. The van der Waals surface area contributed by atoms with Crippen LogP contribution in [0.5, 0.6) is 28.7 Å². The number of ketones is 1. The fourth-order valence-electron chi connectivity index (χ4n) is 4.10. The number of phenolic OH excluding ortho intramolecular Hbond substituents is 1. The number of aliphatic hydroxyl groups is 1. The van der Waals surface area contributed by atoms with Crippen molar-refractivity contribution in [2.75, 3.05) is 28.4 Å². The number of ether oxygens (including phenoxy) is 4. The fraction of sp³-hybridized carbons (Fsp3) is 0.346. The van der Waals surface area contributed by atoms with E-state index >= 15 is 0 Å². The smallest absolute Gasteiger partial charge is 0.203 e. The van der Waals surface area contributed by atoms with Crippen molar-refractivity contribution in [2.24, 2.45) is 0 Å². The van der Waals surface area contributed by atoms with Gasteiger partial charge in [0.05, 0.1) is 35.0 Å². The summed E-state index contributed by atoms with van der Waals surface area (Å²) in [5.41, 5.74) is 2.69. The van der Waals surface area contributed by atoms with E-state index in [-0.39, 0.29) is 23.7 Å². The number of carbonyl (C=O) groups excluding carboxylic acids is 1. The molecule has 0 unspecified atom stereocenters. The summed E-state index contributed by atoms with van der Waals surface area (Å²) >= 11 is 0. The zero-order chi connectivity index (χ0) is 24.0. The Bertz CT molecular complexity index is 1060. The van der Waals surface area contributed by atoms with E-state index in [1.54, 1.807) is 24.3 Å². The molecular weight excluding hydrogens is 424 g/mol. The van der Waals surface area contributed by atoms with Gasteiger partial charge in [-0.2, -0.15) is 0 Å². The van der Waals surface area contributed by atoms with E-state index < -0.39 is 5.78 Å². The molecule has 0 saturated heterocycles. The number of aromatic hydroxyl groups is 1. The second kappa shape index (κ2) is 10.9. The molecule has 0 aromatic heterocycles. The quantitative estimate of drug-likeness (QED) is 0.416. The number of aliphatic hydroxyl groups excluding tert-OH is 1. The maximum atomic E-state index is 13.2. The van der Waals surface area contributed by atoms with E-state index in [2.05, 4.69) is 6.08 Å². The molecule has 1 aliphatic carbocycles. The first-order valence-electron chi connectivity index (χ1n) is 10.7. The number of benzene rings is 2. The van der Waals surface area contributed by atoms with Crippen molar-refractivity contribution >= 4 is 17.4 Å². The van der Waals surface area contributed by atoms with Crippen LogP contribution >= 0.6 is 0 Å². The first-order valence-corrected chi connectivity index (χ1v) is 10.7. The first-order chi connectivity index (χ1) is 16.0. The summed E-state index contributed by atoms with van der Waals surface area (Å²) in [5, 5.41) is 21.0. The van der Waals surface area contributed by atoms with Crippen LogP contribution in [-0.2, 0) is 6.61 Å². The van der Waals surface area contributed by atoms with Gasteiger partial charge in [-0.15, -0.1) is 0 Å². The van der Waals surface area contributed by atoms with Gasteiger partial charge < -0.3 is 29.2 Å². The number of methoxy groups -OCH3 is 4. The molecule has 0 bridgehead atoms. The van der Waals surface area contributed by atoms with Gasteiger partial charge in [-0.05, 0) is 66.7 Å². The van der Waals surface area contributed by atoms with Crippen molar-refractivity contribution in [3.63, 3.8) is 0 Å². The number of hydrogen-bond donors (Lipinski definition) is 2. The third kappa shape index (κ3) is 4.98. The summed E-state index contributed by atoms with van der Waals surface area (Å²) in [4.78, 5) is 13.2. The maximum Gasteiger partial charge on any atom is 0.203 e. The number of phenols is 1. The summed E-state index contributed by atoms with van der Waals surface area (Å²) in [6.45, 7) is -0.271. The lowest BCUT2D eigenvalue weighted by Gasteiger charge is -2.20. The van der Waals surface area contributed by atoms with E-state index in [9.17, 15) is 15.0 Å². The molecule has 1 aliphatic rings. The highest BCUT2D eigenvalue weighted by atomic mass is 16.5. The second-order valence-corrected chi connectivity index (χ2v) is 7.63. The Morgan fingerprint density at radius 2 is 1.64 bits per heavy atom. The second-order valence-electron chi connectivity index (χ2n) is 7.63. The molecule has 3 rings (SSSR count). The van der Waals surface area contributed by atoms with Gasteiger partial charge in [0.15, 0.2) is 17.3 Å². The Labute approximate surface area is 193 Å². The van der Waals surface area contributed by atoms with E-state index in [4.69, 9.17) is 18.9 Å². The number of allylic oxidation sites excluding steroid dienone is 3.